The van der Waals surface area contributed by atoms with Gasteiger partial charge in [0.1, 0.15) is 6.04 Å². The first-order chi connectivity index (χ1) is 9.88. The molecule has 1 heterocycles. The number of nitrogens with zero attached hydrogens (tertiary/aromatic N) is 2. The number of rotatable bonds is 4. The van der Waals surface area contributed by atoms with E-state index in [4.69, 9.17) is 0 Å². The fourth-order valence-electron chi connectivity index (χ4n) is 2.57. The third-order valence-electron chi connectivity index (χ3n) is 4.04. The Balaban J connectivity index is 1.82. The Morgan fingerprint density at radius 1 is 1.10 bits per heavy atom. The van der Waals surface area contributed by atoms with E-state index in [1.165, 1.54) is 11.8 Å². The lowest BCUT2D eigenvalue weighted by atomic mass is 10.1. The number of alkyl halides is 3. The zero-order chi connectivity index (χ0) is 15.5. The van der Waals surface area contributed by atoms with Gasteiger partial charge in [0.2, 0.25) is 0 Å². The van der Waals surface area contributed by atoms with Crippen LogP contribution in [0.15, 0.2) is 30.3 Å². The fraction of sp³-hybridized carbons (Fsp3) is 0.600. The van der Waals surface area contributed by atoms with Gasteiger partial charge in [-0.2, -0.15) is 13.2 Å². The second-order valence-electron chi connectivity index (χ2n) is 5.48. The number of piperazine rings is 1. The van der Waals surface area contributed by atoms with Gasteiger partial charge in [0, 0.05) is 32.7 Å². The van der Waals surface area contributed by atoms with Crippen LogP contribution in [0.2, 0.25) is 0 Å². The molecule has 118 valence electrons. The maximum atomic E-state index is 12.7. The highest BCUT2D eigenvalue weighted by atomic mass is 19.4. The number of aliphatic hydroxyl groups is 1. The van der Waals surface area contributed by atoms with E-state index in [-0.39, 0.29) is 0 Å². The second kappa shape index (κ2) is 6.77. The predicted octanol–water partition coefficient (Wildman–Crippen LogP) is 2.29. The van der Waals surface area contributed by atoms with Crippen molar-refractivity contribution < 1.29 is 18.3 Å². The number of hydrogen-bond donors (Lipinski definition) is 1. The molecule has 1 aromatic rings. The summed E-state index contributed by atoms with van der Waals surface area (Å²) in [6.45, 7) is 3.51. The first kappa shape index (κ1) is 16.3. The summed E-state index contributed by atoms with van der Waals surface area (Å²) in [7, 11) is 0. The molecule has 0 bridgehead atoms. The summed E-state index contributed by atoms with van der Waals surface area (Å²) < 4.78 is 38.0. The van der Waals surface area contributed by atoms with Crippen LogP contribution in [0.4, 0.5) is 13.2 Å². The van der Waals surface area contributed by atoms with Gasteiger partial charge in [0.25, 0.3) is 0 Å². The molecule has 6 heteroatoms. The minimum absolute atomic E-state index is 0.377. The molecule has 1 aromatic carbocycles. The number of aliphatic hydroxyl groups excluding tert-OH is 1. The molecule has 0 aromatic heterocycles. The van der Waals surface area contributed by atoms with Crippen molar-refractivity contribution >= 4 is 0 Å². The Hall–Kier alpha value is -1.11. The fourth-order valence-corrected chi connectivity index (χ4v) is 2.57. The van der Waals surface area contributed by atoms with Crippen molar-refractivity contribution in [2.24, 2.45) is 0 Å². The summed E-state index contributed by atoms with van der Waals surface area (Å²) in [6.07, 6.45) is -4.77. The van der Waals surface area contributed by atoms with E-state index < -0.39 is 18.3 Å². The Morgan fingerprint density at radius 2 is 1.67 bits per heavy atom. The van der Waals surface area contributed by atoms with E-state index in [1.54, 1.807) is 0 Å². The van der Waals surface area contributed by atoms with Gasteiger partial charge >= 0.3 is 6.18 Å². The Labute approximate surface area is 123 Å². The zero-order valence-corrected chi connectivity index (χ0v) is 12.1. The third-order valence-corrected chi connectivity index (χ3v) is 4.04. The molecule has 1 saturated heterocycles. The Bertz CT molecular complexity index is 430. The van der Waals surface area contributed by atoms with Gasteiger partial charge in [-0.25, -0.2) is 0 Å². The maximum absolute atomic E-state index is 12.7. The van der Waals surface area contributed by atoms with Crippen molar-refractivity contribution in [3.8, 4) is 0 Å². The lowest BCUT2D eigenvalue weighted by Crippen LogP contribution is -2.54. The van der Waals surface area contributed by atoms with Crippen molar-refractivity contribution in [1.82, 2.24) is 9.80 Å². The summed E-state index contributed by atoms with van der Waals surface area (Å²) in [4.78, 5) is 3.46. The largest absolute Gasteiger partial charge is 0.403 e. The van der Waals surface area contributed by atoms with Crippen molar-refractivity contribution in [2.45, 2.75) is 25.2 Å². The van der Waals surface area contributed by atoms with Crippen LogP contribution in [0.3, 0.4) is 0 Å². The molecule has 1 N–H and O–H groups in total. The molecule has 0 radical (unpaired) electrons. The van der Waals surface area contributed by atoms with Crippen LogP contribution < -0.4 is 0 Å². The third kappa shape index (κ3) is 4.43. The topological polar surface area (TPSA) is 26.7 Å². The number of β-amino-alcohol motifs (C(OH)–C–C–N with tert-alkyl or cyclic N) is 1. The minimum Gasteiger partial charge on any atom is -0.387 e. The lowest BCUT2D eigenvalue weighted by molar-refractivity contribution is -0.182. The molecular weight excluding hydrogens is 281 g/mol. The van der Waals surface area contributed by atoms with E-state index >= 15 is 0 Å². The molecule has 1 fully saturated rings. The molecule has 0 aliphatic carbocycles. The highest BCUT2D eigenvalue weighted by Crippen LogP contribution is 2.25. The molecular formula is C15H21F3N2O. The highest BCUT2D eigenvalue weighted by molar-refractivity contribution is 5.17. The standard InChI is InChI=1S/C15H21F3N2O/c1-12(15(16,17)18)20-9-7-19(8-10-20)11-14(21)13-5-3-2-4-6-13/h2-6,12,14,21H,7-11H2,1H3. The summed E-state index contributed by atoms with van der Waals surface area (Å²) >= 11 is 0. The number of halogens is 3. The van der Waals surface area contributed by atoms with Gasteiger partial charge < -0.3 is 5.11 Å². The molecule has 0 amide bonds. The van der Waals surface area contributed by atoms with Crippen LogP contribution in [0, 0.1) is 0 Å². The normalized spacial score (nSPS) is 21.2. The van der Waals surface area contributed by atoms with Crippen molar-refractivity contribution in [2.75, 3.05) is 32.7 Å². The van der Waals surface area contributed by atoms with Crippen LogP contribution in [-0.2, 0) is 0 Å². The molecule has 2 unspecified atom stereocenters. The van der Waals surface area contributed by atoms with E-state index in [9.17, 15) is 18.3 Å². The van der Waals surface area contributed by atoms with Gasteiger partial charge in [0.15, 0.2) is 0 Å². The molecule has 3 nitrogen and oxygen atoms in total. The summed E-state index contributed by atoms with van der Waals surface area (Å²) in [5.74, 6) is 0. The lowest BCUT2D eigenvalue weighted by Gasteiger charge is -2.39. The van der Waals surface area contributed by atoms with E-state index in [1.807, 2.05) is 35.2 Å². The van der Waals surface area contributed by atoms with Gasteiger partial charge in [-0.05, 0) is 12.5 Å². The summed E-state index contributed by atoms with van der Waals surface area (Å²) in [5.41, 5.74) is 0.837. The second-order valence-corrected chi connectivity index (χ2v) is 5.48. The van der Waals surface area contributed by atoms with E-state index in [2.05, 4.69) is 0 Å². The smallest absolute Gasteiger partial charge is 0.387 e. The van der Waals surface area contributed by atoms with Crippen molar-refractivity contribution in [3.63, 3.8) is 0 Å². The summed E-state index contributed by atoms with van der Waals surface area (Å²) in [6, 6.07) is 7.91. The number of benzene rings is 1. The molecule has 1 aliphatic heterocycles. The molecule has 0 spiro atoms. The maximum Gasteiger partial charge on any atom is 0.403 e. The number of hydrogen-bond acceptors (Lipinski definition) is 3. The Morgan fingerprint density at radius 3 is 2.19 bits per heavy atom. The average molecular weight is 302 g/mol. The SMILES string of the molecule is CC(N1CCN(CC(O)c2ccccc2)CC1)C(F)(F)F. The molecule has 2 atom stereocenters. The Kier molecular flexibility index (Phi) is 5.24. The van der Waals surface area contributed by atoms with Crippen LogP contribution >= 0.6 is 0 Å². The minimum atomic E-state index is -4.17. The van der Waals surface area contributed by atoms with Gasteiger partial charge in [-0.15, -0.1) is 0 Å². The quantitative estimate of drug-likeness (QED) is 0.924. The predicted molar refractivity (Wildman–Crippen MR) is 74.9 cm³/mol. The van der Waals surface area contributed by atoms with Crippen LogP contribution in [0.5, 0.6) is 0 Å². The van der Waals surface area contributed by atoms with Gasteiger partial charge in [0.05, 0.1) is 6.10 Å². The molecule has 21 heavy (non-hydrogen) atoms. The van der Waals surface area contributed by atoms with Crippen molar-refractivity contribution in [1.29, 1.82) is 0 Å². The first-order valence-electron chi connectivity index (χ1n) is 7.14. The summed E-state index contributed by atoms with van der Waals surface area (Å²) in [5, 5.41) is 10.1. The van der Waals surface area contributed by atoms with Crippen molar-refractivity contribution in [3.05, 3.63) is 35.9 Å². The van der Waals surface area contributed by atoms with E-state index in [0.29, 0.717) is 32.7 Å². The molecule has 0 saturated carbocycles. The monoisotopic (exact) mass is 302 g/mol. The van der Waals surface area contributed by atoms with Crippen LogP contribution in [0.1, 0.15) is 18.6 Å². The van der Waals surface area contributed by atoms with Gasteiger partial charge in [-0.3, -0.25) is 9.80 Å². The molecule has 2 rings (SSSR count). The van der Waals surface area contributed by atoms with E-state index in [0.717, 1.165) is 5.56 Å². The molecule has 1 aliphatic rings. The van der Waals surface area contributed by atoms with Crippen LogP contribution in [0.25, 0.3) is 0 Å². The average Bonchev–Trinajstić information content (AvgIpc) is 2.47. The van der Waals surface area contributed by atoms with Crippen LogP contribution in [-0.4, -0.2) is 59.8 Å². The highest BCUT2D eigenvalue weighted by Gasteiger charge is 2.40. The van der Waals surface area contributed by atoms with Gasteiger partial charge in [-0.1, -0.05) is 30.3 Å². The first-order valence-corrected chi connectivity index (χ1v) is 7.14. The zero-order valence-electron chi connectivity index (χ0n) is 12.1.